The Morgan fingerprint density at radius 2 is 2.12 bits per heavy atom. The monoisotopic (exact) mass is 368 g/mol. The molecule has 1 fully saturated rings. The summed E-state index contributed by atoms with van der Waals surface area (Å²) < 4.78 is 6.74. The third kappa shape index (κ3) is 3.11. The smallest absolute Gasteiger partial charge is 0.254 e. The van der Waals surface area contributed by atoms with Crippen molar-refractivity contribution in [2.45, 2.75) is 19.1 Å². The van der Waals surface area contributed by atoms with Crippen LogP contribution in [0.15, 0.2) is 48.5 Å². The molecule has 2 heterocycles. The van der Waals surface area contributed by atoms with Crippen LogP contribution in [-0.4, -0.2) is 46.8 Å². The Labute approximate surface area is 155 Å². The number of amides is 1. The van der Waals surface area contributed by atoms with Gasteiger partial charge < -0.3 is 14.7 Å². The van der Waals surface area contributed by atoms with Crippen molar-refractivity contribution in [1.82, 2.24) is 9.88 Å². The highest BCUT2D eigenvalue weighted by atomic mass is 32.1. The van der Waals surface area contributed by atoms with E-state index in [4.69, 9.17) is 4.74 Å². The van der Waals surface area contributed by atoms with Gasteiger partial charge >= 0.3 is 0 Å². The largest absolute Gasteiger partial charge is 0.394 e. The summed E-state index contributed by atoms with van der Waals surface area (Å²) in [6.07, 6.45) is -0.426. The minimum atomic E-state index is -0.426. The molecule has 134 valence electrons. The number of carbonyl (C=O) groups is 1. The predicted octanol–water partition coefficient (Wildman–Crippen LogP) is 3.18. The van der Waals surface area contributed by atoms with E-state index in [0.29, 0.717) is 18.7 Å². The molecule has 26 heavy (non-hydrogen) atoms. The van der Waals surface area contributed by atoms with E-state index in [9.17, 15) is 9.90 Å². The molecule has 0 unspecified atom stereocenters. The third-order valence-corrected chi connectivity index (χ3v) is 5.61. The molecule has 1 saturated heterocycles. The van der Waals surface area contributed by atoms with Crippen LogP contribution in [-0.2, 0) is 4.74 Å². The fraction of sp³-hybridized carbons (Fsp3) is 0.300. The average Bonchev–Trinajstić information content (AvgIpc) is 3.06. The van der Waals surface area contributed by atoms with Gasteiger partial charge in [0.1, 0.15) is 6.10 Å². The summed E-state index contributed by atoms with van der Waals surface area (Å²) in [5, 5.41) is 10.8. The normalized spacial score (nSPS) is 20.5. The number of ether oxygens (including phenoxy) is 1. The first kappa shape index (κ1) is 17.1. The summed E-state index contributed by atoms with van der Waals surface area (Å²) in [5.41, 5.74) is 2.52. The molecule has 0 radical (unpaired) electrons. The van der Waals surface area contributed by atoms with E-state index in [1.54, 1.807) is 11.3 Å². The molecule has 2 aromatic carbocycles. The quantitative estimate of drug-likeness (QED) is 0.771. The second-order valence-corrected chi connectivity index (χ2v) is 7.60. The van der Waals surface area contributed by atoms with E-state index in [0.717, 1.165) is 20.8 Å². The van der Waals surface area contributed by atoms with Gasteiger partial charge in [-0.3, -0.25) is 4.79 Å². The van der Waals surface area contributed by atoms with Gasteiger partial charge in [0.15, 0.2) is 0 Å². The van der Waals surface area contributed by atoms with Crippen LogP contribution in [0.2, 0.25) is 0 Å². The summed E-state index contributed by atoms with van der Waals surface area (Å²) in [6, 6.07) is 15.1. The number of aromatic nitrogens is 1. The number of aryl methyl sites for hydroxylation is 1. The molecule has 1 aliphatic heterocycles. The Balaban J connectivity index is 1.71. The maximum absolute atomic E-state index is 13.3. The van der Waals surface area contributed by atoms with E-state index in [1.807, 2.05) is 60.4 Å². The van der Waals surface area contributed by atoms with E-state index in [1.165, 1.54) is 0 Å². The second kappa shape index (κ2) is 7.15. The molecular weight excluding hydrogens is 348 g/mol. The minimum absolute atomic E-state index is 0.0476. The second-order valence-electron chi connectivity index (χ2n) is 6.36. The van der Waals surface area contributed by atoms with Crippen molar-refractivity contribution < 1.29 is 14.6 Å². The highest BCUT2D eigenvalue weighted by Gasteiger charge is 2.36. The molecule has 2 atom stereocenters. The van der Waals surface area contributed by atoms with E-state index < -0.39 is 6.10 Å². The van der Waals surface area contributed by atoms with E-state index in [-0.39, 0.29) is 18.6 Å². The Morgan fingerprint density at radius 3 is 2.88 bits per heavy atom. The van der Waals surface area contributed by atoms with Crippen LogP contribution >= 0.6 is 11.3 Å². The van der Waals surface area contributed by atoms with Crippen molar-refractivity contribution in [3.05, 3.63) is 64.7 Å². The standard InChI is InChI=1S/C20H20N2O3S/c1-13-21-16-8-7-15(11-18(16)26-13)20(24)22-9-10-25-17(12-23)19(22)14-5-3-2-4-6-14/h2-8,11,17,19,23H,9-10,12H2,1H3/t17-,19-/m0/s1. The molecule has 1 amide bonds. The van der Waals surface area contributed by atoms with Crippen molar-refractivity contribution in [1.29, 1.82) is 0 Å². The van der Waals surface area contributed by atoms with Gasteiger partial charge in [0.25, 0.3) is 5.91 Å². The summed E-state index contributed by atoms with van der Waals surface area (Å²) in [7, 11) is 0. The molecule has 0 aliphatic carbocycles. The molecular formula is C20H20N2O3S. The molecule has 1 aromatic heterocycles. The number of nitrogens with zero attached hydrogens (tertiary/aromatic N) is 2. The molecule has 0 saturated carbocycles. The molecule has 1 aliphatic rings. The lowest BCUT2D eigenvalue weighted by molar-refractivity contribution is -0.0811. The highest BCUT2D eigenvalue weighted by molar-refractivity contribution is 7.18. The van der Waals surface area contributed by atoms with Gasteiger partial charge in [0.05, 0.1) is 34.5 Å². The fourth-order valence-electron chi connectivity index (χ4n) is 3.50. The lowest BCUT2D eigenvalue weighted by atomic mass is 9.97. The van der Waals surface area contributed by atoms with Crippen molar-refractivity contribution >= 4 is 27.5 Å². The summed E-state index contributed by atoms with van der Waals surface area (Å²) in [6.45, 7) is 2.75. The summed E-state index contributed by atoms with van der Waals surface area (Å²) in [5.74, 6) is -0.0476. The van der Waals surface area contributed by atoms with Gasteiger partial charge in [-0.2, -0.15) is 0 Å². The Kier molecular flexibility index (Phi) is 4.72. The van der Waals surface area contributed by atoms with Crippen LogP contribution in [0.1, 0.15) is 27.0 Å². The predicted molar refractivity (Wildman–Crippen MR) is 101 cm³/mol. The third-order valence-electron chi connectivity index (χ3n) is 4.68. The Hall–Kier alpha value is -2.28. The molecule has 0 spiro atoms. The summed E-state index contributed by atoms with van der Waals surface area (Å²) in [4.78, 5) is 19.5. The van der Waals surface area contributed by atoms with Gasteiger partial charge in [-0.1, -0.05) is 30.3 Å². The lowest BCUT2D eigenvalue weighted by Gasteiger charge is -2.41. The van der Waals surface area contributed by atoms with Crippen LogP contribution in [0.4, 0.5) is 0 Å². The van der Waals surface area contributed by atoms with Crippen molar-refractivity contribution in [2.24, 2.45) is 0 Å². The van der Waals surface area contributed by atoms with Gasteiger partial charge in [-0.25, -0.2) is 4.98 Å². The van der Waals surface area contributed by atoms with Gasteiger partial charge in [-0.05, 0) is 30.7 Å². The minimum Gasteiger partial charge on any atom is -0.394 e. The van der Waals surface area contributed by atoms with Crippen LogP contribution < -0.4 is 0 Å². The molecule has 0 bridgehead atoms. The molecule has 1 N–H and O–H groups in total. The first-order valence-electron chi connectivity index (χ1n) is 8.63. The summed E-state index contributed by atoms with van der Waals surface area (Å²) >= 11 is 1.59. The molecule has 4 rings (SSSR count). The molecule has 3 aromatic rings. The van der Waals surface area contributed by atoms with Crippen LogP contribution in [0, 0.1) is 6.92 Å². The zero-order valence-electron chi connectivity index (χ0n) is 14.5. The van der Waals surface area contributed by atoms with Crippen molar-refractivity contribution in [3.63, 3.8) is 0 Å². The number of carbonyl (C=O) groups excluding carboxylic acids is 1. The maximum atomic E-state index is 13.3. The van der Waals surface area contributed by atoms with E-state index >= 15 is 0 Å². The first-order chi connectivity index (χ1) is 12.7. The SMILES string of the molecule is Cc1nc2ccc(C(=O)N3CCO[C@@H](CO)[C@@H]3c3ccccc3)cc2s1. The molecule has 6 heteroatoms. The van der Waals surface area contributed by atoms with Crippen molar-refractivity contribution in [2.75, 3.05) is 19.8 Å². The van der Waals surface area contributed by atoms with Crippen LogP contribution in [0.5, 0.6) is 0 Å². The number of fused-ring (bicyclic) bond motifs is 1. The van der Waals surface area contributed by atoms with Crippen molar-refractivity contribution in [3.8, 4) is 0 Å². The maximum Gasteiger partial charge on any atom is 0.254 e. The number of rotatable bonds is 3. The molecule has 5 nitrogen and oxygen atoms in total. The highest BCUT2D eigenvalue weighted by Crippen LogP contribution is 2.31. The average molecular weight is 368 g/mol. The van der Waals surface area contributed by atoms with Gasteiger partial charge in [0, 0.05) is 12.1 Å². The first-order valence-corrected chi connectivity index (χ1v) is 9.44. The number of aliphatic hydroxyl groups excluding tert-OH is 1. The van der Waals surface area contributed by atoms with Crippen LogP contribution in [0.25, 0.3) is 10.2 Å². The number of thiazole rings is 1. The Bertz CT molecular complexity index is 925. The number of aliphatic hydroxyl groups is 1. The van der Waals surface area contributed by atoms with E-state index in [2.05, 4.69) is 4.98 Å². The van der Waals surface area contributed by atoms with Crippen LogP contribution in [0.3, 0.4) is 0 Å². The topological polar surface area (TPSA) is 62.7 Å². The zero-order valence-corrected chi connectivity index (χ0v) is 15.3. The zero-order chi connectivity index (χ0) is 18.1. The number of benzene rings is 2. The van der Waals surface area contributed by atoms with Gasteiger partial charge in [0.2, 0.25) is 0 Å². The fourth-order valence-corrected chi connectivity index (χ4v) is 4.36. The number of hydrogen-bond donors (Lipinski definition) is 1. The number of morpholine rings is 1. The van der Waals surface area contributed by atoms with Gasteiger partial charge in [-0.15, -0.1) is 11.3 Å². The Morgan fingerprint density at radius 1 is 1.31 bits per heavy atom. The number of hydrogen-bond acceptors (Lipinski definition) is 5. The lowest BCUT2D eigenvalue weighted by Crippen LogP contribution is -2.49.